The Morgan fingerprint density at radius 3 is 2.27 bits per heavy atom. The number of aliphatic carboxylic acids is 1. The Balaban J connectivity index is 0.00000841. The number of carboxylic acid groups (broad SMARTS) is 1. The van der Waals surface area contributed by atoms with Crippen molar-refractivity contribution in [2.45, 2.75) is 65.1 Å². The number of ether oxygens (including phenoxy) is 1. The lowest BCUT2D eigenvalue weighted by Gasteiger charge is -2.42. The monoisotopic (exact) mass is 451 g/mol. The fourth-order valence-electron chi connectivity index (χ4n) is 3.34. The first-order chi connectivity index (χ1) is 13.4. The lowest BCUT2D eigenvalue weighted by atomic mass is 10.00. The molecule has 0 bridgehead atoms. The summed E-state index contributed by atoms with van der Waals surface area (Å²) in [5.41, 5.74) is -0.696. The largest absolute Gasteiger partial charge is 0.480 e. The molecule has 2 amide bonds. The predicted molar refractivity (Wildman–Crippen MR) is 116 cm³/mol. The van der Waals surface area contributed by atoms with E-state index in [0.717, 1.165) is 0 Å². The molecule has 2 N–H and O–H groups in total. The molecule has 0 aromatic carbocycles. The lowest BCUT2D eigenvalue weighted by molar-refractivity contribution is -0.156. The summed E-state index contributed by atoms with van der Waals surface area (Å²) in [6, 6.07) is -1.78. The van der Waals surface area contributed by atoms with Crippen molar-refractivity contribution in [3.8, 4) is 0 Å². The highest BCUT2D eigenvalue weighted by Gasteiger charge is 2.40. The second kappa shape index (κ2) is 12.3. The summed E-state index contributed by atoms with van der Waals surface area (Å²) in [7, 11) is 1.52. The van der Waals surface area contributed by atoms with Gasteiger partial charge in [-0.1, -0.05) is 13.8 Å². The molecule has 9 nitrogen and oxygen atoms in total. The van der Waals surface area contributed by atoms with Gasteiger partial charge in [0.25, 0.3) is 0 Å². The van der Waals surface area contributed by atoms with E-state index in [1.807, 2.05) is 18.7 Å². The van der Waals surface area contributed by atoms with E-state index in [1.54, 1.807) is 20.8 Å². The molecule has 30 heavy (non-hydrogen) atoms. The van der Waals surface area contributed by atoms with Crippen LogP contribution in [0.25, 0.3) is 0 Å². The number of aliphatic hydroxyl groups excluding tert-OH is 1. The molecule has 2 atom stereocenters. The van der Waals surface area contributed by atoms with Gasteiger partial charge in [-0.2, -0.15) is 0 Å². The second-order valence-corrected chi connectivity index (χ2v) is 9.00. The number of piperazine rings is 1. The van der Waals surface area contributed by atoms with Crippen LogP contribution in [0.3, 0.4) is 0 Å². The zero-order valence-corrected chi connectivity index (χ0v) is 19.8. The molecule has 0 spiro atoms. The third kappa shape index (κ3) is 8.65. The highest BCUT2D eigenvalue weighted by atomic mass is 35.5. The van der Waals surface area contributed by atoms with Gasteiger partial charge in [0.15, 0.2) is 0 Å². The maximum Gasteiger partial charge on any atom is 0.410 e. The summed E-state index contributed by atoms with van der Waals surface area (Å²) in [6.07, 6.45) is 0.355. The van der Waals surface area contributed by atoms with Crippen LogP contribution in [0.5, 0.6) is 0 Å². The molecule has 10 heteroatoms. The van der Waals surface area contributed by atoms with Gasteiger partial charge in [-0.05, 0) is 39.5 Å². The number of likely N-dealkylation sites (N-methyl/N-ethyl adjacent to an activating group) is 1. The van der Waals surface area contributed by atoms with Crippen LogP contribution < -0.4 is 0 Å². The maximum atomic E-state index is 13.3. The number of hydrogen-bond donors (Lipinski definition) is 2. The topological polar surface area (TPSA) is 111 Å². The molecule has 0 saturated carbocycles. The smallest absolute Gasteiger partial charge is 0.410 e. The zero-order chi connectivity index (χ0) is 22.4. The standard InChI is InChI=1S/C20H37N3O6.ClH/c1-14(2)12-15(21(6)19(28)29-20(3,4)5)17(25)23-10-9-22(8-7-11-24)13-16(23)18(26)27;/h14-16,24H,7-13H2,1-6H3,(H,26,27);1H/t15?,16-;/m1./s1. The van der Waals surface area contributed by atoms with Crippen LogP contribution in [0, 0.1) is 5.92 Å². The first-order valence-corrected chi connectivity index (χ1v) is 10.2. The molecule has 0 aliphatic carbocycles. The average Bonchev–Trinajstić information content (AvgIpc) is 2.61. The molecule has 1 unspecified atom stereocenters. The van der Waals surface area contributed by atoms with Crippen LogP contribution in [-0.2, 0) is 14.3 Å². The Morgan fingerprint density at radius 1 is 1.20 bits per heavy atom. The van der Waals surface area contributed by atoms with E-state index in [9.17, 15) is 19.5 Å². The number of rotatable bonds is 8. The van der Waals surface area contributed by atoms with Crippen molar-refractivity contribution in [1.29, 1.82) is 0 Å². The van der Waals surface area contributed by atoms with Crippen molar-refractivity contribution >= 4 is 30.4 Å². The molecule has 0 radical (unpaired) electrons. The van der Waals surface area contributed by atoms with E-state index in [-0.39, 0.29) is 43.9 Å². The van der Waals surface area contributed by atoms with Crippen LogP contribution >= 0.6 is 12.4 Å². The molecule has 176 valence electrons. The highest BCUT2D eigenvalue weighted by molar-refractivity contribution is 5.89. The third-order valence-corrected chi connectivity index (χ3v) is 4.79. The van der Waals surface area contributed by atoms with Gasteiger partial charge in [0.05, 0.1) is 0 Å². The molecule has 0 aromatic heterocycles. The summed E-state index contributed by atoms with van der Waals surface area (Å²) in [4.78, 5) is 42.3. The lowest BCUT2D eigenvalue weighted by Crippen LogP contribution is -2.62. The van der Waals surface area contributed by atoms with E-state index in [1.165, 1.54) is 16.8 Å². The molecule has 1 fully saturated rings. The van der Waals surface area contributed by atoms with E-state index >= 15 is 0 Å². The molecule has 1 saturated heterocycles. The molecule has 1 rings (SSSR count). The summed E-state index contributed by atoms with van der Waals surface area (Å²) >= 11 is 0. The number of carbonyl (C=O) groups is 3. The minimum Gasteiger partial charge on any atom is -0.480 e. The maximum absolute atomic E-state index is 13.3. The van der Waals surface area contributed by atoms with Gasteiger partial charge in [0.1, 0.15) is 17.7 Å². The molecular weight excluding hydrogens is 414 g/mol. The second-order valence-electron chi connectivity index (χ2n) is 9.00. The Labute approximate surface area is 185 Å². The van der Waals surface area contributed by atoms with Gasteiger partial charge in [-0.25, -0.2) is 9.59 Å². The average molecular weight is 452 g/mol. The minimum absolute atomic E-state index is 0. The van der Waals surface area contributed by atoms with Crippen molar-refractivity contribution < 1.29 is 29.3 Å². The quantitative estimate of drug-likeness (QED) is 0.577. The van der Waals surface area contributed by atoms with Crippen LogP contribution in [-0.4, -0.2) is 100 Å². The number of halogens is 1. The van der Waals surface area contributed by atoms with Gasteiger partial charge in [0, 0.05) is 39.8 Å². The van der Waals surface area contributed by atoms with E-state index in [4.69, 9.17) is 9.84 Å². The van der Waals surface area contributed by atoms with Gasteiger partial charge < -0.3 is 19.8 Å². The fourth-order valence-corrected chi connectivity index (χ4v) is 3.34. The molecule has 1 aliphatic heterocycles. The third-order valence-electron chi connectivity index (χ3n) is 4.79. The van der Waals surface area contributed by atoms with Crippen molar-refractivity contribution in [1.82, 2.24) is 14.7 Å². The van der Waals surface area contributed by atoms with Crippen LogP contribution in [0.15, 0.2) is 0 Å². The highest BCUT2D eigenvalue weighted by Crippen LogP contribution is 2.20. The normalized spacial score (nSPS) is 18.5. The van der Waals surface area contributed by atoms with E-state index in [2.05, 4.69) is 0 Å². The molecule has 1 aliphatic rings. The SMILES string of the molecule is CC(C)CC(C(=O)N1CCN(CCCO)C[C@@H]1C(=O)O)N(C)C(=O)OC(C)(C)C.Cl. The Hall–Kier alpha value is -1.58. The zero-order valence-electron chi connectivity index (χ0n) is 19.0. The van der Waals surface area contributed by atoms with Crippen LogP contribution in [0.2, 0.25) is 0 Å². The van der Waals surface area contributed by atoms with Crippen LogP contribution in [0.4, 0.5) is 4.79 Å². The number of carbonyl (C=O) groups excluding carboxylic acids is 2. The predicted octanol–water partition coefficient (Wildman–Crippen LogP) is 1.67. The van der Waals surface area contributed by atoms with Gasteiger partial charge in [-0.15, -0.1) is 12.4 Å². The van der Waals surface area contributed by atoms with Gasteiger partial charge >= 0.3 is 12.1 Å². The summed E-state index contributed by atoms with van der Waals surface area (Å²) < 4.78 is 5.40. The van der Waals surface area contributed by atoms with E-state index < -0.39 is 29.7 Å². The Morgan fingerprint density at radius 2 is 1.80 bits per heavy atom. The fraction of sp³-hybridized carbons (Fsp3) is 0.850. The number of nitrogens with zero attached hydrogens (tertiary/aromatic N) is 3. The van der Waals surface area contributed by atoms with Crippen molar-refractivity contribution in [2.75, 3.05) is 39.8 Å². The molecular formula is C20H38ClN3O6. The Kier molecular flexibility index (Phi) is 11.7. The summed E-state index contributed by atoms with van der Waals surface area (Å²) in [6.45, 7) is 10.8. The summed E-state index contributed by atoms with van der Waals surface area (Å²) in [5, 5.41) is 18.7. The molecule has 0 aromatic rings. The van der Waals surface area contributed by atoms with Gasteiger partial charge in [-0.3, -0.25) is 14.6 Å². The first-order valence-electron chi connectivity index (χ1n) is 10.2. The van der Waals surface area contributed by atoms with Crippen molar-refractivity contribution in [3.63, 3.8) is 0 Å². The van der Waals surface area contributed by atoms with Crippen LogP contribution in [0.1, 0.15) is 47.5 Å². The van der Waals surface area contributed by atoms with E-state index in [0.29, 0.717) is 25.9 Å². The van der Waals surface area contributed by atoms with Crippen molar-refractivity contribution in [2.24, 2.45) is 5.92 Å². The summed E-state index contributed by atoms with van der Waals surface area (Å²) in [5.74, 6) is -1.32. The molecule has 1 heterocycles. The number of carboxylic acids is 1. The Bertz CT molecular complexity index is 581. The minimum atomic E-state index is -1.07. The number of hydrogen-bond acceptors (Lipinski definition) is 6. The number of amides is 2. The van der Waals surface area contributed by atoms with Gasteiger partial charge in [0.2, 0.25) is 5.91 Å². The first kappa shape index (κ1) is 28.4. The van der Waals surface area contributed by atoms with Crippen molar-refractivity contribution in [3.05, 3.63) is 0 Å². The number of aliphatic hydroxyl groups is 1.